The van der Waals surface area contributed by atoms with Crippen molar-refractivity contribution in [1.82, 2.24) is 14.8 Å². The molecule has 0 spiro atoms. The first-order valence-corrected chi connectivity index (χ1v) is 7.63. The number of carbonyl (C=O) groups excluding carboxylic acids is 1. The second-order valence-electron chi connectivity index (χ2n) is 6.57. The molecule has 1 fully saturated rings. The number of pyridine rings is 1. The van der Waals surface area contributed by atoms with E-state index in [0.717, 1.165) is 18.7 Å². The number of hydrogen-bond donors (Lipinski definition) is 1. The maximum atomic E-state index is 12.0. The molecule has 1 aliphatic heterocycles. The largest absolute Gasteiger partial charge is 0.444 e. The highest BCUT2D eigenvalue weighted by atomic mass is 16.6. The first-order valence-electron chi connectivity index (χ1n) is 7.63. The van der Waals surface area contributed by atoms with E-state index >= 15 is 0 Å². The molecule has 6 nitrogen and oxygen atoms in total. The number of aliphatic hydroxyl groups excluding tert-OH is 1. The molecule has 1 aliphatic rings. The molecule has 22 heavy (non-hydrogen) atoms. The van der Waals surface area contributed by atoms with Crippen LogP contribution in [0.5, 0.6) is 0 Å². The van der Waals surface area contributed by atoms with Gasteiger partial charge in [-0.3, -0.25) is 9.88 Å². The van der Waals surface area contributed by atoms with Crippen LogP contribution in [-0.2, 0) is 4.74 Å². The molecular weight excluding hydrogens is 282 g/mol. The number of hydrogen-bond acceptors (Lipinski definition) is 5. The minimum Gasteiger partial charge on any atom is -0.444 e. The summed E-state index contributed by atoms with van der Waals surface area (Å²) in [7, 11) is 0. The zero-order valence-corrected chi connectivity index (χ0v) is 13.5. The Labute approximate surface area is 131 Å². The van der Waals surface area contributed by atoms with Crippen LogP contribution in [0.4, 0.5) is 4.79 Å². The lowest BCUT2D eigenvalue weighted by molar-refractivity contribution is 0.0101. The summed E-state index contributed by atoms with van der Waals surface area (Å²) in [6, 6.07) is 3.69. The van der Waals surface area contributed by atoms with Crippen LogP contribution < -0.4 is 0 Å². The molecule has 0 saturated carbocycles. The standard InChI is InChI=1S/C16H25N3O3/c1-16(2,3)22-15(21)19-9-7-18(8-10-19)12-14(20)13-5-4-6-17-11-13/h4-6,11,14,20H,7-10,12H2,1-3H3/t14-/m0/s1. The predicted octanol–water partition coefficient (Wildman–Crippen LogP) is 1.67. The van der Waals surface area contributed by atoms with Crippen molar-refractivity contribution in [3.8, 4) is 0 Å². The number of carbonyl (C=O) groups is 1. The molecule has 6 heteroatoms. The minimum absolute atomic E-state index is 0.264. The summed E-state index contributed by atoms with van der Waals surface area (Å²) in [6.45, 7) is 8.85. The van der Waals surface area contributed by atoms with Crippen molar-refractivity contribution in [3.63, 3.8) is 0 Å². The number of nitrogens with zero attached hydrogens (tertiary/aromatic N) is 3. The molecule has 0 bridgehead atoms. The summed E-state index contributed by atoms with van der Waals surface area (Å²) in [5.41, 5.74) is 0.349. The van der Waals surface area contributed by atoms with Crippen molar-refractivity contribution < 1.29 is 14.6 Å². The van der Waals surface area contributed by atoms with Gasteiger partial charge in [-0.05, 0) is 26.8 Å². The summed E-state index contributed by atoms with van der Waals surface area (Å²) in [4.78, 5) is 19.9. The molecule has 0 aromatic carbocycles. The molecule has 122 valence electrons. The summed E-state index contributed by atoms with van der Waals surface area (Å²) in [5.74, 6) is 0. The Kier molecular flexibility index (Phi) is 5.37. The van der Waals surface area contributed by atoms with Crippen molar-refractivity contribution in [2.45, 2.75) is 32.5 Å². The van der Waals surface area contributed by atoms with Crippen LogP contribution in [0, 0.1) is 0 Å². The van der Waals surface area contributed by atoms with E-state index in [9.17, 15) is 9.90 Å². The highest BCUT2D eigenvalue weighted by molar-refractivity contribution is 5.68. The topological polar surface area (TPSA) is 65.9 Å². The van der Waals surface area contributed by atoms with Gasteiger partial charge in [-0.15, -0.1) is 0 Å². The van der Waals surface area contributed by atoms with E-state index in [-0.39, 0.29) is 6.09 Å². The first-order chi connectivity index (χ1) is 10.3. The van der Waals surface area contributed by atoms with Crippen molar-refractivity contribution >= 4 is 6.09 Å². The number of amides is 1. The van der Waals surface area contributed by atoms with E-state index < -0.39 is 11.7 Å². The van der Waals surface area contributed by atoms with Crippen molar-refractivity contribution in [2.24, 2.45) is 0 Å². The fourth-order valence-corrected chi connectivity index (χ4v) is 2.36. The maximum Gasteiger partial charge on any atom is 0.410 e. The van der Waals surface area contributed by atoms with Gasteiger partial charge in [0.1, 0.15) is 5.60 Å². The molecule has 1 amide bonds. The van der Waals surface area contributed by atoms with Gasteiger partial charge in [0, 0.05) is 50.7 Å². The van der Waals surface area contributed by atoms with E-state index in [4.69, 9.17) is 4.74 Å². The molecule has 0 unspecified atom stereocenters. The lowest BCUT2D eigenvalue weighted by Gasteiger charge is -2.36. The lowest BCUT2D eigenvalue weighted by Crippen LogP contribution is -2.50. The third-order valence-electron chi connectivity index (χ3n) is 3.52. The Bertz CT molecular complexity index is 479. The van der Waals surface area contributed by atoms with E-state index in [1.165, 1.54) is 0 Å². The molecule has 0 aliphatic carbocycles. The van der Waals surface area contributed by atoms with Crippen LogP contribution in [-0.4, -0.2) is 64.3 Å². The molecule has 1 saturated heterocycles. The molecular formula is C16H25N3O3. The molecule has 1 N–H and O–H groups in total. The Morgan fingerprint density at radius 1 is 1.36 bits per heavy atom. The van der Waals surface area contributed by atoms with Crippen molar-refractivity contribution in [2.75, 3.05) is 32.7 Å². The minimum atomic E-state index is -0.554. The van der Waals surface area contributed by atoms with Crippen LogP contribution >= 0.6 is 0 Å². The average Bonchev–Trinajstić information content (AvgIpc) is 2.47. The van der Waals surface area contributed by atoms with E-state index in [1.54, 1.807) is 17.3 Å². The Hall–Kier alpha value is -1.66. The quantitative estimate of drug-likeness (QED) is 0.920. The van der Waals surface area contributed by atoms with Gasteiger partial charge in [0.2, 0.25) is 0 Å². The molecule has 2 rings (SSSR count). The van der Waals surface area contributed by atoms with Gasteiger partial charge < -0.3 is 14.7 Å². The lowest BCUT2D eigenvalue weighted by atomic mass is 10.1. The summed E-state index contributed by atoms with van der Waals surface area (Å²) >= 11 is 0. The van der Waals surface area contributed by atoms with Crippen molar-refractivity contribution in [3.05, 3.63) is 30.1 Å². The van der Waals surface area contributed by atoms with Crippen LogP contribution in [0.25, 0.3) is 0 Å². The smallest absolute Gasteiger partial charge is 0.410 e. The third kappa shape index (κ3) is 4.96. The Morgan fingerprint density at radius 2 is 2.05 bits per heavy atom. The fraction of sp³-hybridized carbons (Fsp3) is 0.625. The van der Waals surface area contributed by atoms with Crippen molar-refractivity contribution in [1.29, 1.82) is 0 Å². The highest BCUT2D eigenvalue weighted by Crippen LogP contribution is 2.15. The van der Waals surface area contributed by atoms with Gasteiger partial charge in [-0.25, -0.2) is 4.79 Å². The van der Waals surface area contributed by atoms with E-state index in [2.05, 4.69) is 9.88 Å². The third-order valence-corrected chi connectivity index (χ3v) is 3.52. The first kappa shape index (κ1) is 16.7. The number of piperazine rings is 1. The summed E-state index contributed by atoms with van der Waals surface area (Å²) in [5, 5.41) is 10.2. The van der Waals surface area contributed by atoms with Gasteiger partial charge in [0.15, 0.2) is 0 Å². The SMILES string of the molecule is CC(C)(C)OC(=O)N1CCN(C[C@H](O)c2cccnc2)CC1. The van der Waals surface area contributed by atoms with Crippen LogP contribution in [0.1, 0.15) is 32.4 Å². The zero-order chi connectivity index (χ0) is 16.2. The van der Waals surface area contributed by atoms with Crippen LogP contribution in [0.15, 0.2) is 24.5 Å². The van der Waals surface area contributed by atoms with Gasteiger partial charge in [0.25, 0.3) is 0 Å². The summed E-state index contributed by atoms with van der Waals surface area (Å²) < 4.78 is 5.37. The van der Waals surface area contributed by atoms with E-state index in [1.807, 2.05) is 32.9 Å². The molecule has 1 atom stereocenters. The van der Waals surface area contributed by atoms with Crippen LogP contribution in [0.3, 0.4) is 0 Å². The number of ether oxygens (including phenoxy) is 1. The summed E-state index contributed by atoms with van der Waals surface area (Å²) in [6.07, 6.45) is 2.55. The number of aliphatic hydroxyl groups is 1. The Morgan fingerprint density at radius 3 is 2.59 bits per heavy atom. The second kappa shape index (κ2) is 7.07. The monoisotopic (exact) mass is 307 g/mol. The highest BCUT2D eigenvalue weighted by Gasteiger charge is 2.26. The molecule has 2 heterocycles. The number of rotatable bonds is 3. The van der Waals surface area contributed by atoms with Crippen LogP contribution in [0.2, 0.25) is 0 Å². The second-order valence-corrected chi connectivity index (χ2v) is 6.57. The van der Waals surface area contributed by atoms with Gasteiger partial charge in [-0.2, -0.15) is 0 Å². The normalized spacial score (nSPS) is 18.1. The zero-order valence-electron chi connectivity index (χ0n) is 13.5. The average molecular weight is 307 g/mol. The van der Waals surface area contributed by atoms with Gasteiger partial charge in [0.05, 0.1) is 6.10 Å². The molecule has 1 aromatic heterocycles. The predicted molar refractivity (Wildman–Crippen MR) is 83.4 cm³/mol. The number of β-amino-alcohol motifs (C(OH)–C–C–N with tert-alkyl or cyclic N) is 1. The fourth-order valence-electron chi connectivity index (χ4n) is 2.36. The Balaban J connectivity index is 1.79. The number of aromatic nitrogens is 1. The molecule has 1 aromatic rings. The van der Waals surface area contributed by atoms with E-state index in [0.29, 0.717) is 19.6 Å². The van der Waals surface area contributed by atoms with Gasteiger partial charge in [-0.1, -0.05) is 6.07 Å². The molecule has 0 radical (unpaired) electrons. The maximum absolute atomic E-state index is 12.0. The van der Waals surface area contributed by atoms with Gasteiger partial charge >= 0.3 is 6.09 Å².